The zero-order chi connectivity index (χ0) is 48.6. The summed E-state index contributed by atoms with van der Waals surface area (Å²) in [6, 6.07) is 19.2. The van der Waals surface area contributed by atoms with Crippen LogP contribution in [0, 0.1) is 0 Å². The lowest BCUT2D eigenvalue weighted by molar-refractivity contribution is -0.275. The van der Waals surface area contributed by atoms with E-state index in [1.165, 1.54) is 12.8 Å². The van der Waals surface area contributed by atoms with Gasteiger partial charge in [-0.3, -0.25) is 9.59 Å². The van der Waals surface area contributed by atoms with Gasteiger partial charge in [0.2, 0.25) is 24.1 Å². The molecule has 2 bridgehead atoms. The standard InChI is InChI=1S/C48H46F6N10O6/c49-47(50,51)69-37-9-5-35(6-10-37)67-41(43(65)58-30-3-13-39-28(21-30)24-56-45(60-39)63-19-15-33(16-20-63)62-17-1-2-18-62)42(68-36-7-11-38(12-8-36)70-48(52,53)54)44(66)59-31-4-14-40-29(22-31)25-57-46(61-40)64-27-32-23-34(64)26-55-32/h3-14,21-22,24-25,32-34,41-42,55H,1-2,15-20,23,26-27H2,(H,58,65)(H,59,66). The Kier molecular flexibility index (Phi) is 12.8. The molecule has 2 amide bonds. The molecule has 6 heterocycles. The predicted octanol–water partition coefficient (Wildman–Crippen LogP) is 7.46. The van der Waals surface area contributed by atoms with Crippen molar-refractivity contribution in [3.8, 4) is 23.0 Å². The lowest BCUT2D eigenvalue weighted by atomic mass is 10.0. The highest BCUT2D eigenvalue weighted by atomic mass is 19.4. The number of amides is 2. The van der Waals surface area contributed by atoms with Crippen LogP contribution >= 0.6 is 0 Å². The average Bonchev–Trinajstić information content (AvgIpc) is 4.14. The van der Waals surface area contributed by atoms with Crippen LogP contribution in [0.5, 0.6) is 23.0 Å². The Hall–Kier alpha value is -7.20. The second-order valence-corrected chi connectivity index (χ2v) is 17.6. The minimum absolute atomic E-state index is 0.172. The number of nitrogens with zero attached hydrogens (tertiary/aromatic N) is 7. The quantitative estimate of drug-likeness (QED) is 0.0921. The van der Waals surface area contributed by atoms with Gasteiger partial charge < -0.3 is 49.6 Å². The molecule has 3 N–H and O–H groups in total. The molecule has 70 heavy (non-hydrogen) atoms. The molecule has 4 saturated heterocycles. The zero-order valence-corrected chi connectivity index (χ0v) is 37.3. The van der Waals surface area contributed by atoms with Crippen LogP contribution in [0.15, 0.2) is 97.3 Å². The predicted molar refractivity (Wildman–Crippen MR) is 245 cm³/mol. The summed E-state index contributed by atoms with van der Waals surface area (Å²) in [7, 11) is 0. The number of halogens is 6. The SMILES string of the molecule is O=C(Nc1ccc2nc(N3CCC(N4CCCC4)CC3)ncc2c1)C(Oc1ccc(OC(F)(F)F)cc1)C(Oc1ccc(OC(F)(F)F)cc1)C(=O)Nc1ccc2nc(N3CC4CC3CN4)ncc2c1. The van der Waals surface area contributed by atoms with Crippen LogP contribution in [0.4, 0.5) is 49.6 Å². The van der Waals surface area contributed by atoms with Gasteiger partial charge in [-0.15, -0.1) is 26.3 Å². The van der Waals surface area contributed by atoms with Gasteiger partial charge in [0, 0.05) is 78.8 Å². The first kappa shape index (κ1) is 46.5. The molecule has 0 radical (unpaired) electrons. The third-order valence-corrected chi connectivity index (χ3v) is 12.8. The van der Waals surface area contributed by atoms with Crippen LogP contribution in [0.25, 0.3) is 21.8 Å². The molecule has 0 spiro atoms. The maximum Gasteiger partial charge on any atom is 0.573 e. The van der Waals surface area contributed by atoms with Crippen LogP contribution in [0.3, 0.4) is 0 Å². The number of piperidine rings is 1. The van der Waals surface area contributed by atoms with E-state index in [9.17, 15) is 35.9 Å². The molecule has 4 fully saturated rings. The molecule has 0 saturated carbocycles. The number of carbonyl (C=O) groups excluding carboxylic acids is 2. The Bertz CT molecular complexity index is 2850. The molecule has 4 atom stereocenters. The third-order valence-electron chi connectivity index (χ3n) is 12.8. The van der Waals surface area contributed by atoms with Gasteiger partial charge in [0.1, 0.15) is 23.0 Å². The molecule has 10 rings (SSSR count). The van der Waals surface area contributed by atoms with Crippen LogP contribution in [0.1, 0.15) is 32.1 Å². The van der Waals surface area contributed by atoms with Crippen molar-refractivity contribution in [1.29, 1.82) is 0 Å². The number of aromatic nitrogens is 4. The van der Waals surface area contributed by atoms with Crippen molar-refractivity contribution in [3.63, 3.8) is 0 Å². The van der Waals surface area contributed by atoms with E-state index >= 15 is 0 Å². The largest absolute Gasteiger partial charge is 0.573 e. The number of nitrogens with one attached hydrogen (secondary N) is 3. The topological polar surface area (TPSA) is 168 Å². The van der Waals surface area contributed by atoms with Gasteiger partial charge in [0.05, 0.1) is 11.0 Å². The first-order valence-electron chi connectivity index (χ1n) is 22.8. The lowest BCUT2D eigenvalue weighted by Crippen LogP contribution is -2.51. The van der Waals surface area contributed by atoms with Gasteiger partial charge in [-0.05, 0) is 130 Å². The first-order valence-corrected chi connectivity index (χ1v) is 22.8. The van der Waals surface area contributed by atoms with Crippen LogP contribution in [-0.2, 0) is 9.59 Å². The van der Waals surface area contributed by atoms with E-state index in [2.05, 4.69) is 50.1 Å². The van der Waals surface area contributed by atoms with Crippen LogP contribution < -0.4 is 44.7 Å². The van der Waals surface area contributed by atoms with E-state index in [0.29, 0.717) is 45.8 Å². The van der Waals surface area contributed by atoms with Crippen molar-refractivity contribution < 1.29 is 54.9 Å². The van der Waals surface area contributed by atoms with Crippen LogP contribution in [-0.4, -0.2) is 119 Å². The molecule has 2 aromatic heterocycles. The fourth-order valence-corrected chi connectivity index (χ4v) is 9.50. The van der Waals surface area contributed by atoms with E-state index in [1.807, 2.05) is 0 Å². The molecular formula is C48H46F6N10O6. The number of rotatable bonds is 14. The van der Waals surface area contributed by atoms with Crippen molar-refractivity contribution in [2.45, 2.75) is 75.2 Å². The Morgan fingerprint density at radius 1 is 0.629 bits per heavy atom. The Balaban J connectivity index is 0.928. The van der Waals surface area contributed by atoms with Crippen LogP contribution in [0.2, 0.25) is 0 Å². The summed E-state index contributed by atoms with van der Waals surface area (Å²) >= 11 is 0. The molecule has 6 aromatic rings. The first-order chi connectivity index (χ1) is 33.6. The summed E-state index contributed by atoms with van der Waals surface area (Å²) in [5.74, 6) is -2.25. The number of likely N-dealkylation sites (tertiary alicyclic amines) is 1. The number of hydrogen-bond acceptors (Lipinski definition) is 14. The number of piperazine rings is 1. The summed E-state index contributed by atoms with van der Waals surface area (Å²) in [6.45, 7) is 5.52. The highest BCUT2D eigenvalue weighted by Gasteiger charge is 2.41. The fourth-order valence-electron chi connectivity index (χ4n) is 9.50. The number of carbonyl (C=O) groups is 2. The highest BCUT2D eigenvalue weighted by Crippen LogP contribution is 2.32. The summed E-state index contributed by atoms with van der Waals surface area (Å²) < 4.78 is 98.6. The third kappa shape index (κ3) is 11.0. The summed E-state index contributed by atoms with van der Waals surface area (Å²) in [5.41, 5.74) is 1.68. The number of anilines is 4. The minimum atomic E-state index is -5.00. The van der Waals surface area contributed by atoms with E-state index in [-0.39, 0.29) is 28.9 Å². The minimum Gasteiger partial charge on any atom is -0.476 e. The van der Waals surface area contributed by atoms with Crippen molar-refractivity contribution >= 4 is 56.9 Å². The molecule has 4 aliphatic rings. The molecule has 4 aliphatic heterocycles. The van der Waals surface area contributed by atoms with Gasteiger partial charge in [0.15, 0.2) is 0 Å². The number of benzene rings is 4. The van der Waals surface area contributed by atoms with E-state index < -0.39 is 48.2 Å². The number of fused-ring (bicyclic) bond motifs is 4. The molecular weight excluding hydrogens is 927 g/mol. The number of alkyl halides is 6. The van der Waals surface area contributed by atoms with Crippen molar-refractivity contribution in [3.05, 3.63) is 97.3 Å². The van der Waals surface area contributed by atoms with E-state index in [0.717, 1.165) is 107 Å². The monoisotopic (exact) mass is 972 g/mol. The molecule has 4 aromatic carbocycles. The Labute approximate surface area is 396 Å². The molecule has 16 nitrogen and oxygen atoms in total. The van der Waals surface area contributed by atoms with E-state index in [1.54, 1.807) is 48.8 Å². The summed E-state index contributed by atoms with van der Waals surface area (Å²) in [5, 5.41) is 10.1. The summed E-state index contributed by atoms with van der Waals surface area (Å²) in [6.07, 6.45) is -5.08. The second-order valence-electron chi connectivity index (χ2n) is 17.6. The molecule has 4 unspecified atom stereocenters. The maximum absolute atomic E-state index is 14.6. The Morgan fingerprint density at radius 3 is 1.59 bits per heavy atom. The fraction of sp³-hybridized carbons (Fsp3) is 0.375. The van der Waals surface area contributed by atoms with Gasteiger partial charge in [-0.25, -0.2) is 19.9 Å². The second kappa shape index (κ2) is 19.3. The molecule has 366 valence electrons. The van der Waals surface area contributed by atoms with Crippen molar-refractivity contribution in [2.24, 2.45) is 0 Å². The van der Waals surface area contributed by atoms with Gasteiger partial charge in [-0.1, -0.05) is 0 Å². The normalized spacial score (nSPS) is 19.6. The van der Waals surface area contributed by atoms with Crippen molar-refractivity contribution in [1.82, 2.24) is 30.2 Å². The maximum atomic E-state index is 14.6. The number of ether oxygens (including phenoxy) is 4. The van der Waals surface area contributed by atoms with Crippen molar-refractivity contribution in [2.75, 3.05) is 59.7 Å². The summed E-state index contributed by atoms with van der Waals surface area (Å²) in [4.78, 5) is 54.8. The zero-order valence-electron chi connectivity index (χ0n) is 37.3. The van der Waals surface area contributed by atoms with Gasteiger partial charge >= 0.3 is 12.7 Å². The van der Waals surface area contributed by atoms with Gasteiger partial charge in [-0.2, -0.15) is 0 Å². The average molecular weight is 973 g/mol. The molecule has 22 heteroatoms. The van der Waals surface area contributed by atoms with E-state index in [4.69, 9.17) is 19.4 Å². The van der Waals surface area contributed by atoms with Gasteiger partial charge in [0.25, 0.3) is 11.8 Å². The smallest absolute Gasteiger partial charge is 0.476 e. The Morgan fingerprint density at radius 2 is 1.11 bits per heavy atom. The lowest BCUT2D eigenvalue weighted by Gasteiger charge is -2.36. The highest BCUT2D eigenvalue weighted by molar-refractivity contribution is 6.04. The molecule has 0 aliphatic carbocycles. The number of hydrogen-bond donors (Lipinski definition) is 3.